The minimum Gasteiger partial charge on any atom is -0.351 e. The van der Waals surface area contributed by atoms with Gasteiger partial charge in [0.2, 0.25) is 11.8 Å². The predicted octanol–water partition coefficient (Wildman–Crippen LogP) is 4.25. The maximum Gasteiger partial charge on any atom is 0.271 e. The zero-order valence-corrected chi connectivity index (χ0v) is 22.5. The molecule has 2 fully saturated rings. The molecule has 2 atom stereocenters. The summed E-state index contributed by atoms with van der Waals surface area (Å²) in [5, 5.41) is 10.4. The summed E-state index contributed by atoms with van der Waals surface area (Å²) in [5.74, 6) is -2.18. The molecular formula is C32H35N5O3. The third kappa shape index (κ3) is 6.39. The molecule has 0 radical (unpaired) electrons. The van der Waals surface area contributed by atoms with Crippen molar-refractivity contribution in [2.75, 3.05) is 5.43 Å². The number of nitrogens with zero attached hydrogens (tertiary/aromatic N) is 2. The van der Waals surface area contributed by atoms with Gasteiger partial charge in [-0.15, -0.1) is 0 Å². The Labute approximate surface area is 234 Å². The monoisotopic (exact) mass is 537 g/mol. The van der Waals surface area contributed by atoms with E-state index < -0.39 is 17.9 Å². The summed E-state index contributed by atoms with van der Waals surface area (Å²) in [6, 6.07) is 27.3. The molecular weight excluding hydrogens is 502 g/mol. The predicted molar refractivity (Wildman–Crippen MR) is 155 cm³/mol. The lowest BCUT2D eigenvalue weighted by Gasteiger charge is -2.35. The van der Waals surface area contributed by atoms with Crippen molar-refractivity contribution in [3.8, 4) is 0 Å². The molecule has 40 heavy (non-hydrogen) atoms. The number of likely N-dealkylation sites (tertiary alicyclic amines) is 1. The second-order valence-electron chi connectivity index (χ2n) is 10.3. The van der Waals surface area contributed by atoms with E-state index in [2.05, 4.69) is 21.2 Å². The quantitative estimate of drug-likeness (QED) is 0.355. The summed E-state index contributed by atoms with van der Waals surface area (Å²) in [7, 11) is 0. The van der Waals surface area contributed by atoms with E-state index >= 15 is 0 Å². The summed E-state index contributed by atoms with van der Waals surface area (Å²) in [6.45, 7) is 0.585. The first-order valence-electron chi connectivity index (χ1n) is 14.0. The van der Waals surface area contributed by atoms with E-state index in [9.17, 15) is 14.4 Å². The van der Waals surface area contributed by atoms with E-state index in [4.69, 9.17) is 0 Å². The van der Waals surface area contributed by atoms with E-state index in [1.54, 1.807) is 4.90 Å². The molecule has 5 rings (SSSR count). The van der Waals surface area contributed by atoms with Crippen LogP contribution in [-0.4, -0.2) is 40.4 Å². The lowest BCUT2D eigenvalue weighted by Crippen LogP contribution is -2.53. The van der Waals surface area contributed by atoms with Crippen LogP contribution in [0.1, 0.15) is 43.2 Å². The molecule has 1 aliphatic carbocycles. The van der Waals surface area contributed by atoms with Crippen LogP contribution in [0.15, 0.2) is 96.1 Å². The van der Waals surface area contributed by atoms with Crippen molar-refractivity contribution in [3.05, 3.63) is 102 Å². The summed E-state index contributed by atoms with van der Waals surface area (Å²) >= 11 is 0. The van der Waals surface area contributed by atoms with Gasteiger partial charge >= 0.3 is 0 Å². The minimum atomic E-state index is -1.06. The lowest BCUT2D eigenvalue weighted by molar-refractivity contribution is -0.139. The van der Waals surface area contributed by atoms with Gasteiger partial charge in [0, 0.05) is 19.1 Å². The third-order valence-electron chi connectivity index (χ3n) is 7.58. The first-order valence-corrected chi connectivity index (χ1v) is 14.0. The fraction of sp³-hybridized carbons (Fsp3) is 0.312. The van der Waals surface area contributed by atoms with Crippen LogP contribution < -0.4 is 16.1 Å². The van der Waals surface area contributed by atoms with Crippen LogP contribution in [0.25, 0.3) is 0 Å². The number of carbonyl (C=O) groups is 3. The minimum absolute atomic E-state index is 0.0554. The number of rotatable bonds is 9. The Bertz CT molecular complexity index is 1320. The highest BCUT2D eigenvalue weighted by molar-refractivity contribution is 6.46. The Morgan fingerprint density at radius 2 is 1.25 bits per heavy atom. The number of amides is 3. The second kappa shape index (κ2) is 13.1. The van der Waals surface area contributed by atoms with Gasteiger partial charge in [0.25, 0.3) is 5.91 Å². The Balaban J connectivity index is 1.47. The molecule has 3 aromatic carbocycles. The number of anilines is 1. The Morgan fingerprint density at radius 3 is 1.82 bits per heavy atom. The number of benzene rings is 3. The van der Waals surface area contributed by atoms with Crippen LogP contribution in [0.3, 0.4) is 0 Å². The van der Waals surface area contributed by atoms with Gasteiger partial charge in [-0.25, -0.2) is 0 Å². The maximum absolute atomic E-state index is 14.0. The molecule has 1 aliphatic heterocycles. The van der Waals surface area contributed by atoms with Crippen LogP contribution >= 0.6 is 0 Å². The fourth-order valence-corrected chi connectivity index (χ4v) is 5.54. The highest BCUT2D eigenvalue weighted by Gasteiger charge is 2.54. The van der Waals surface area contributed by atoms with E-state index in [0.29, 0.717) is 12.2 Å². The highest BCUT2D eigenvalue weighted by Crippen LogP contribution is 2.33. The lowest BCUT2D eigenvalue weighted by atomic mass is 9.92. The van der Waals surface area contributed by atoms with E-state index in [0.717, 1.165) is 43.2 Å². The first kappa shape index (κ1) is 27.1. The summed E-state index contributed by atoms with van der Waals surface area (Å²) in [4.78, 5) is 43.3. The molecule has 1 saturated heterocycles. The number of para-hydroxylation sites is 1. The van der Waals surface area contributed by atoms with Crippen molar-refractivity contribution in [1.29, 1.82) is 0 Å². The molecule has 8 heteroatoms. The number of hydrogen-bond donors (Lipinski definition) is 3. The van der Waals surface area contributed by atoms with Crippen LogP contribution in [-0.2, 0) is 27.5 Å². The van der Waals surface area contributed by atoms with E-state index in [1.807, 2.05) is 91.0 Å². The number of hydrogen-bond acceptors (Lipinski definition) is 5. The largest absolute Gasteiger partial charge is 0.351 e. The zero-order valence-electron chi connectivity index (χ0n) is 22.5. The maximum atomic E-state index is 14.0. The molecule has 0 aromatic heterocycles. The highest BCUT2D eigenvalue weighted by atomic mass is 16.2. The van der Waals surface area contributed by atoms with Gasteiger partial charge in [0.15, 0.2) is 0 Å². The molecule has 0 bridgehead atoms. The summed E-state index contributed by atoms with van der Waals surface area (Å²) in [6.07, 6.45) is 4.65. The Kier molecular flexibility index (Phi) is 8.86. The third-order valence-corrected chi connectivity index (χ3v) is 7.58. The summed E-state index contributed by atoms with van der Waals surface area (Å²) < 4.78 is 0. The van der Waals surface area contributed by atoms with Crippen molar-refractivity contribution in [3.63, 3.8) is 0 Å². The average Bonchev–Trinajstić information content (AvgIpc) is 3.31. The van der Waals surface area contributed by atoms with Crippen molar-refractivity contribution in [2.24, 2.45) is 11.0 Å². The first-order chi connectivity index (χ1) is 19.6. The van der Waals surface area contributed by atoms with Crippen LogP contribution in [0.2, 0.25) is 0 Å². The molecule has 0 unspecified atom stereocenters. The standard InChI is InChI=1S/C32H35N5O3/c38-30(33-21-23-13-5-1-6-14-23)27-28(36-35-25-17-9-3-10-18-25)32(40)37(26-19-11-4-12-20-26)29(27)31(39)34-22-24-15-7-2-8-16-24/h1-3,5-10,13-18,26-27,29,35H,4,11-12,19-22H2,(H,33,38)(H,34,39)/b36-28+/t27-,29+/m1/s1. The van der Waals surface area contributed by atoms with Gasteiger partial charge in [-0.05, 0) is 36.1 Å². The molecule has 8 nitrogen and oxygen atoms in total. The van der Waals surface area contributed by atoms with Crippen LogP contribution in [0.5, 0.6) is 0 Å². The number of nitrogens with one attached hydrogen (secondary N) is 3. The van der Waals surface area contributed by atoms with Crippen molar-refractivity contribution in [1.82, 2.24) is 15.5 Å². The van der Waals surface area contributed by atoms with Gasteiger partial charge < -0.3 is 15.5 Å². The van der Waals surface area contributed by atoms with Gasteiger partial charge in [-0.2, -0.15) is 5.10 Å². The second-order valence-corrected chi connectivity index (χ2v) is 10.3. The molecule has 2 aliphatic rings. The number of carbonyl (C=O) groups excluding carboxylic acids is 3. The smallest absolute Gasteiger partial charge is 0.271 e. The zero-order chi connectivity index (χ0) is 27.7. The molecule has 0 spiro atoms. The normalized spacial score (nSPS) is 20.4. The molecule has 3 N–H and O–H groups in total. The number of hydrazone groups is 1. The topological polar surface area (TPSA) is 103 Å². The van der Waals surface area contributed by atoms with E-state index in [-0.39, 0.29) is 30.1 Å². The van der Waals surface area contributed by atoms with Gasteiger partial charge in [0.05, 0.1) is 5.69 Å². The average molecular weight is 538 g/mol. The molecule has 3 amide bonds. The fourth-order valence-electron chi connectivity index (χ4n) is 5.54. The SMILES string of the molecule is O=C(NCc1ccccc1)[C@@H]1/C(=N\Nc2ccccc2)C(=O)N(C2CCCCC2)[C@@H]1C(=O)NCc1ccccc1. The molecule has 3 aromatic rings. The summed E-state index contributed by atoms with van der Waals surface area (Å²) in [5.41, 5.74) is 5.55. The van der Waals surface area contributed by atoms with Crippen LogP contribution in [0.4, 0.5) is 5.69 Å². The van der Waals surface area contributed by atoms with E-state index in [1.165, 1.54) is 0 Å². The van der Waals surface area contributed by atoms with Crippen LogP contribution in [0, 0.1) is 5.92 Å². The molecule has 206 valence electrons. The Hall–Kier alpha value is -4.46. The van der Waals surface area contributed by atoms with Gasteiger partial charge in [0.1, 0.15) is 17.7 Å². The molecule has 1 saturated carbocycles. The van der Waals surface area contributed by atoms with Crippen molar-refractivity contribution >= 4 is 29.1 Å². The molecule has 1 heterocycles. The van der Waals surface area contributed by atoms with Crippen molar-refractivity contribution in [2.45, 2.75) is 57.3 Å². The van der Waals surface area contributed by atoms with Gasteiger partial charge in [-0.1, -0.05) is 98.1 Å². The Morgan fingerprint density at radius 1 is 0.725 bits per heavy atom. The van der Waals surface area contributed by atoms with Crippen molar-refractivity contribution < 1.29 is 14.4 Å². The van der Waals surface area contributed by atoms with Gasteiger partial charge in [-0.3, -0.25) is 19.8 Å².